The number of phenols is 2. The zero-order valence-electron chi connectivity index (χ0n) is 39.8. The fraction of sp³-hybridized carbons (Fsp3) is 0.208. The van der Waals surface area contributed by atoms with Crippen LogP contribution in [-0.2, 0) is 29.3 Å². The summed E-state index contributed by atoms with van der Waals surface area (Å²) in [6.07, 6.45) is 2.96. The molecule has 0 saturated carbocycles. The number of anilines is 3. The number of hydrogen-bond acceptors (Lipinski definition) is 18. The van der Waals surface area contributed by atoms with E-state index in [9.17, 15) is 24.6 Å². The van der Waals surface area contributed by atoms with Crippen molar-refractivity contribution in [3.63, 3.8) is 0 Å². The van der Waals surface area contributed by atoms with Crippen LogP contribution in [0, 0.1) is 0 Å². The van der Waals surface area contributed by atoms with Crippen LogP contribution in [0.15, 0.2) is 136 Å². The molecule has 19 nitrogen and oxygen atoms in total. The van der Waals surface area contributed by atoms with E-state index in [2.05, 4.69) is 36.6 Å². The number of hydrazone groups is 2. The second kappa shape index (κ2) is 23.0. The van der Waals surface area contributed by atoms with Crippen LogP contribution >= 0.6 is 34.9 Å². The van der Waals surface area contributed by atoms with Gasteiger partial charge in [-0.1, -0.05) is 48.5 Å². The van der Waals surface area contributed by atoms with E-state index in [1.165, 1.54) is 51.9 Å². The first-order chi connectivity index (χ1) is 36.6. The minimum absolute atomic E-state index is 0.0177. The maximum absolute atomic E-state index is 13.6. The van der Waals surface area contributed by atoms with Crippen molar-refractivity contribution in [2.45, 2.75) is 18.4 Å². The number of aromatic hydroxyl groups is 2. The number of hydrogen-bond donors (Lipinski definition) is 6. The lowest BCUT2D eigenvalue weighted by atomic mass is 9.77. The maximum atomic E-state index is 13.6. The smallest absolute Gasteiger partial charge is 0.340 e. The molecule has 1 spiro atoms. The van der Waals surface area contributed by atoms with E-state index in [1.807, 2.05) is 53.2 Å². The Hall–Kier alpha value is -8.12. The number of carbonyl (C=O) groups is 3. The molecule has 75 heavy (non-hydrogen) atoms. The molecule has 0 aliphatic carbocycles. The van der Waals surface area contributed by atoms with Crippen molar-refractivity contribution in [3.05, 3.63) is 160 Å². The van der Waals surface area contributed by atoms with Gasteiger partial charge in [0.1, 0.15) is 28.7 Å². The van der Waals surface area contributed by atoms with Gasteiger partial charge in [-0.3, -0.25) is 15.0 Å². The minimum Gasteiger partial charge on any atom is -0.508 e. The van der Waals surface area contributed by atoms with Crippen LogP contribution in [0.4, 0.5) is 16.0 Å². The molecule has 382 valence electrons. The number of benzene rings is 5. The minimum atomic E-state index is -1.34. The van der Waals surface area contributed by atoms with E-state index < -0.39 is 17.5 Å². The van der Waals surface area contributed by atoms with Crippen molar-refractivity contribution in [3.8, 4) is 34.3 Å². The van der Waals surface area contributed by atoms with Gasteiger partial charge in [-0.05, 0) is 73.6 Å². The number of thiocarbonyl (C=S) groups is 1. The van der Waals surface area contributed by atoms with Gasteiger partial charge in [0.2, 0.25) is 10.3 Å². The van der Waals surface area contributed by atoms with E-state index in [1.54, 1.807) is 48.7 Å². The van der Waals surface area contributed by atoms with Gasteiger partial charge in [-0.2, -0.15) is 15.2 Å². The molecule has 5 aromatic carbocycles. The summed E-state index contributed by atoms with van der Waals surface area (Å²) in [7, 11) is 0. The first-order valence-electron chi connectivity index (χ1n) is 23.7. The summed E-state index contributed by atoms with van der Waals surface area (Å²) in [4.78, 5) is 48.8. The number of carbonyl (C=O) groups excluding carboxylic acids is 3. The third kappa shape index (κ3) is 11.2. The first kappa shape index (κ1) is 50.4. The van der Waals surface area contributed by atoms with E-state index in [4.69, 9.17) is 40.9 Å². The van der Waals surface area contributed by atoms with Crippen LogP contribution in [0.25, 0.3) is 11.3 Å². The highest BCUT2D eigenvalue weighted by molar-refractivity contribution is 7.80. The Bertz CT molecular complexity index is 3250. The Morgan fingerprint density at radius 3 is 2.11 bits per heavy atom. The average molecular weight is 1070 g/mol. The normalized spacial score (nSPS) is 14.4. The van der Waals surface area contributed by atoms with E-state index in [-0.39, 0.29) is 23.1 Å². The van der Waals surface area contributed by atoms with Gasteiger partial charge in [0.25, 0.3) is 5.91 Å². The van der Waals surface area contributed by atoms with Crippen molar-refractivity contribution >= 4 is 85.2 Å². The number of amides is 2. The fourth-order valence-corrected chi connectivity index (χ4v) is 9.91. The molecule has 0 radical (unpaired) electrons. The van der Waals surface area contributed by atoms with Crippen LogP contribution in [0.5, 0.6) is 23.0 Å². The molecule has 2 aromatic heterocycles. The second-order valence-corrected chi connectivity index (χ2v) is 19.0. The number of aromatic nitrogens is 2. The van der Waals surface area contributed by atoms with E-state index in [0.29, 0.717) is 137 Å². The summed E-state index contributed by atoms with van der Waals surface area (Å²) in [5, 5.41) is 44.7. The number of nitrogens with one attached hydrogen (secondary N) is 4. The van der Waals surface area contributed by atoms with Crippen LogP contribution in [0.1, 0.15) is 55.8 Å². The standard InChI is InChI=1S/C53H47N9O10S3/c63-36-13-16-40-43(29-36)71-44-30-37(64)14-17-41(44)53(40)39-15-12-35(28-38(39)49(67)72-53)57-50(73)55-19-5-22-69-24-26-70-25-23-68-21-4-18-54-47(65)34-10-8-32(9-11-34)42-31-75-52(58-42)62-48(66)46(59-60-51-56-20-27-74-51)45(61-62)33-6-2-1-3-7-33/h1-3,6-17,20,27-31,63-64H,4-5,18-19,21-26H2,(H,54,65)(H,56,60)(H2,55,57,73)/b59-46-. The molecule has 7 aromatic rings. The van der Waals surface area contributed by atoms with Gasteiger partial charge in [0.15, 0.2) is 16.4 Å². The van der Waals surface area contributed by atoms with Crippen LogP contribution in [-0.4, -0.2) is 107 Å². The molecule has 0 unspecified atom stereocenters. The lowest BCUT2D eigenvalue weighted by molar-refractivity contribution is -0.112. The number of fused-ring (bicyclic) bond motifs is 6. The first-order valence-corrected chi connectivity index (χ1v) is 25.9. The summed E-state index contributed by atoms with van der Waals surface area (Å²) in [6.45, 7) is 3.60. The number of rotatable bonds is 21. The number of nitrogens with zero attached hydrogens (tertiary/aromatic N) is 5. The lowest BCUT2D eigenvalue weighted by Gasteiger charge is -2.36. The van der Waals surface area contributed by atoms with Crippen molar-refractivity contribution in [1.29, 1.82) is 0 Å². The summed E-state index contributed by atoms with van der Waals surface area (Å²) in [6, 6.07) is 31.0. The average Bonchev–Trinajstić information content (AvgIpc) is 4.25. The Labute approximate surface area is 442 Å². The number of esters is 1. The third-order valence-corrected chi connectivity index (χ3v) is 13.7. The molecule has 3 aliphatic rings. The Morgan fingerprint density at radius 1 is 0.760 bits per heavy atom. The molecule has 0 saturated heterocycles. The van der Waals surface area contributed by atoms with E-state index in [0.717, 1.165) is 11.1 Å². The predicted molar refractivity (Wildman–Crippen MR) is 287 cm³/mol. The molecule has 0 atom stereocenters. The Morgan fingerprint density at radius 2 is 1.43 bits per heavy atom. The van der Waals surface area contributed by atoms with Gasteiger partial charge >= 0.3 is 11.9 Å². The summed E-state index contributed by atoms with van der Waals surface area (Å²) >= 11 is 8.15. The summed E-state index contributed by atoms with van der Waals surface area (Å²) < 4.78 is 29.2. The monoisotopic (exact) mass is 1070 g/mol. The third-order valence-electron chi connectivity index (χ3n) is 12.0. The van der Waals surface area contributed by atoms with Crippen molar-refractivity contribution in [2.75, 3.05) is 68.5 Å². The topological polar surface area (TPSA) is 240 Å². The van der Waals surface area contributed by atoms with Gasteiger partial charge in [-0.25, -0.2) is 14.8 Å². The highest BCUT2D eigenvalue weighted by Crippen LogP contribution is 2.57. The molecule has 5 heterocycles. The quantitative estimate of drug-likeness (QED) is 0.0173. The molecule has 6 N–H and O–H groups in total. The molecular weight excluding hydrogens is 1020 g/mol. The highest BCUT2D eigenvalue weighted by Gasteiger charge is 2.53. The molecule has 0 bridgehead atoms. The van der Waals surface area contributed by atoms with Gasteiger partial charge in [0, 0.05) is 94.5 Å². The largest absolute Gasteiger partial charge is 0.508 e. The Balaban J connectivity index is 0.580. The maximum Gasteiger partial charge on any atom is 0.340 e. The molecular formula is C53H47N9O10S3. The SMILES string of the molecule is O=C(NCCCOCCOCCOCCCNC(=S)Nc1ccc2c(c1)C(=O)OC21c2ccc(O)cc2Oc2cc(O)ccc21)c1ccc(-c2csc(N3N=C(c4ccccc4)/C(=N/Nc4nccs4)C3=O)n2)cc1. The fourth-order valence-electron chi connectivity index (χ4n) is 8.44. The van der Waals surface area contributed by atoms with Gasteiger partial charge < -0.3 is 49.8 Å². The predicted octanol–water partition coefficient (Wildman–Crippen LogP) is 8.01. The molecule has 10 rings (SSSR count). The molecule has 3 aliphatic heterocycles. The molecule has 2 amide bonds. The summed E-state index contributed by atoms with van der Waals surface area (Å²) in [5.74, 6) is -0.588. The van der Waals surface area contributed by atoms with E-state index >= 15 is 0 Å². The van der Waals surface area contributed by atoms with Gasteiger partial charge in [-0.15, -0.1) is 22.7 Å². The van der Waals surface area contributed by atoms with Crippen molar-refractivity contribution < 1.29 is 48.3 Å². The zero-order valence-corrected chi connectivity index (χ0v) is 42.3. The number of ether oxygens (including phenoxy) is 5. The number of phenolic OH excluding ortho intramolecular Hbond substituents is 2. The van der Waals surface area contributed by atoms with Crippen molar-refractivity contribution in [2.24, 2.45) is 10.2 Å². The lowest BCUT2D eigenvalue weighted by Crippen LogP contribution is -2.33. The number of thiazole rings is 2. The van der Waals surface area contributed by atoms with Crippen LogP contribution in [0.3, 0.4) is 0 Å². The second-order valence-electron chi connectivity index (χ2n) is 16.9. The summed E-state index contributed by atoms with van der Waals surface area (Å²) in [5.41, 5.74) is 7.34. The van der Waals surface area contributed by atoms with Crippen LogP contribution in [0.2, 0.25) is 0 Å². The molecule has 22 heteroatoms. The van der Waals surface area contributed by atoms with Gasteiger partial charge in [0.05, 0.1) is 37.7 Å². The molecule has 0 fully saturated rings. The Kier molecular flexibility index (Phi) is 15.4. The van der Waals surface area contributed by atoms with Crippen LogP contribution < -0.4 is 31.1 Å². The highest BCUT2D eigenvalue weighted by atomic mass is 32.1. The van der Waals surface area contributed by atoms with Crippen molar-refractivity contribution in [1.82, 2.24) is 20.6 Å². The zero-order chi connectivity index (χ0) is 51.7.